The fourth-order valence-corrected chi connectivity index (χ4v) is 1.39. The lowest BCUT2D eigenvalue weighted by Crippen LogP contribution is -2.39. The van der Waals surface area contributed by atoms with Gasteiger partial charge in [0.25, 0.3) is 5.91 Å². The molecule has 2 N–H and O–H groups in total. The summed E-state index contributed by atoms with van der Waals surface area (Å²) in [5, 5.41) is 10.7. The van der Waals surface area contributed by atoms with E-state index in [-0.39, 0.29) is 0 Å². The third-order valence-electron chi connectivity index (χ3n) is 2.10. The highest BCUT2D eigenvalue weighted by Gasteiger charge is 2.41. The standard InChI is InChI=1S/C8H12N2O4/c1-2-3-4-5-6(11)9-7(12)10(5)8(13)14/h5H,2-4H2,1H3,(H,13,14)(H,9,11,12). The van der Waals surface area contributed by atoms with Gasteiger partial charge in [0.1, 0.15) is 6.04 Å². The summed E-state index contributed by atoms with van der Waals surface area (Å²) in [4.78, 5) is 33.4. The molecule has 0 radical (unpaired) electrons. The maximum atomic E-state index is 11.2. The molecule has 0 aromatic carbocycles. The Kier molecular flexibility index (Phi) is 3.06. The van der Waals surface area contributed by atoms with E-state index in [1.807, 2.05) is 12.2 Å². The summed E-state index contributed by atoms with van der Waals surface area (Å²) in [6.45, 7) is 1.93. The zero-order valence-electron chi connectivity index (χ0n) is 7.82. The predicted molar refractivity (Wildman–Crippen MR) is 46.7 cm³/mol. The second kappa shape index (κ2) is 4.08. The quantitative estimate of drug-likeness (QED) is 0.659. The Hall–Kier alpha value is -1.59. The Labute approximate surface area is 80.9 Å². The van der Waals surface area contributed by atoms with Gasteiger partial charge in [0.2, 0.25) is 0 Å². The highest BCUT2D eigenvalue weighted by Crippen LogP contribution is 2.14. The van der Waals surface area contributed by atoms with Crippen LogP contribution >= 0.6 is 0 Å². The first-order valence-corrected chi connectivity index (χ1v) is 4.45. The molecule has 1 fully saturated rings. The summed E-state index contributed by atoms with van der Waals surface area (Å²) in [6, 6.07) is -1.69. The van der Waals surface area contributed by atoms with E-state index in [1.165, 1.54) is 0 Å². The van der Waals surface area contributed by atoms with E-state index in [2.05, 4.69) is 0 Å². The smallest absolute Gasteiger partial charge is 0.416 e. The van der Waals surface area contributed by atoms with Gasteiger partial charge in [0, 0.05) is 0 Å². The molecule has 6 heteroatoms. The molecule has 1 aliphatic rings. The highest BCUT2D eigenvalue weighted by atomic mass is 16.4. The number of hydrogen-bond donors (Lipinski definition) is 2. The fraction of sp³-hybridized carbons (Fsp3) is 0.625. The van der Waals surface area contributed by atoms with Crippen LogP contribution in [0.2, 0.25) is 0 Å². The number of hydrogen-bond acceptors (Lipinski definition) is 3. The molecule has 0 aromatic rings. The summed E-state index contributed by atoms with van der Waals surface area (Å²) >= 11 is 0. The Bertz CT molecular complexity index is 277. The number of amides is 4. The van der Waals surface area contributed by atoms with Gasteiger partial charge in [-0.25, -0.2) is 14.5 Å². The average molecular weight is 200 g/mol. The van der Waals surface area contributed by atoms with Gasteiger partial charge in [-0.2, -0.15) is 0 Å². The van der Waals surface area contributed by atoms with E-state index >= 15 is 0 Å². The molecule has 0 saturated carbocycles. The molecular weight excluding hydrogens is 188 g/mol. The first-order chi connectivity index (χ1) is 6.57. The molecule has 1 rings (SSSR count). The van der Waals surface area contributed by atoms with Crippen molar-refractivity contribution in [2.75, 3.05) is 0 Å². The summed E-state index contributed by atoms with van der Waals surface area (Å²) in [5.41, 5.74) is 0. The van der Waals surface area contributed by atoms with Crippen LogP contribution in [0.1, 0.15) is 26.2 Å². The molecule has 1 unspecified atom stereocenters. The zero-order chi connectivity index (χ0) is 10.7. The first-order valence-electron chi connectivity index (χ1n) is 4.45. The summed E-state index contributed by atoms with van der Waals surface area (Å²) < 4.78 is 0. The van der Waals surface area contributed by atoms with E-state index in [1.54, 1.807) is 0 Å². The van der Waals surface area contributed by atoms with E-state index < -0.39 is 24.1 Å². The number of imide groups is 2. The van der Waals surface area contributed by atoms with Gasteiger partial charge < -0.3 is 5.11 Å². The van der Waals surface area contributed by atoms with Crippen LogP contribution in [0.25, 0.3) is 0 Å². The van der Waals surface area contributed by atoms with Crippen molar-refractivity contribution in [1.29, 1.82) is 0 Å². The minimum absolute atomic E-state index is 0.389. The number of nitrogens with zero attached hydrogens (tertiary/aromatic N) is 1. The topological polar surface area (TPSA) is 86.7 Å². The normalized spacial score (nSPS) is 21.2. The largest absolute Gasteiger partial charge is 0.465 e. The molecule has 0 aromatic heterocycles. The van der Waals surface area contributed by atoms with Gasteiger partial charge in [-0.3, -0.25) is 10.1 Å². The van der Waals surface area contributed by atoms with Crippen LogP contribution < -0.4 is 5.32 Å². The number of urea groups is 1. The van der Waals surface area contributed by atoms with Crippen molar-refractivity contribution in [3.63, 3.8) is 0 Å². The minimum atomic E-state index is -1.38. The zero-order valence-corrected chi connectivity index (χ0v) is 7.82. The molecule has 1 heterocycles. The van der Waals surface area contributed by atoms with Gasteiger partial charge in [-0.05, 0) is 6.42 Å². The maximum Gasteiger partial charge on any atom is 0.416 e. The molecule has 0 aliphatic carbocycles. The molecular formula is C8H12N2O4. The van der Waals surface area contributed by atoms with Crippen molar-refractivity contribution in [2.45, 2.75) is 32.2 Å². The van der Waals surface area contributed by atoms with Gasteiger partial charge in [0.05, 0.1) is 0 Å². The predicted octanol–water partition coefficient (Wildman–Crippen LogP) is 0.775. The molecule has 4 amide bonds. The molecule has 0 bridgehead atoms. The van der Waals surface area contributed by atoms with Crippen molar-refractivity contribution < 1.29 is 19.5 Å². The molecule has 78 valence electrons. The molecule has 1 saturated heterocycles. The fourth-order valence-electron chi connectivity index (χ4n) is 1.39. The van der Waals surface area contributed by atoms with Crippen LogP contribution in [0, 0.1) is 0 Å². The number of carboxylic acid groups (broad SMARTS) is 1. The number of carbonyl (C=O) groups is 3. The van der Waals surface area contributed by atoms with Crippen LogP contribution in [0.3, 0.4) is 0 Å². The number of carbonyl (C=O) groups excluding carboxylic acids is 2. The van der Waals surface area contributed by atoms with Crippen LogP contribution in [-0.2, 0) is 4.79 Å². The number of unbranched alkanes of at least 4 members (excludes halogenated alkanes) is 1. The van der Waals surface area contributed by atoms with Crippen LogP contribution in [0.4, 0.5) is 9.59 Å². The van der Waals surface area contributed by atoms with Gasteiger partial charge in [-0.1, -0.05) is 19.8 Å². The lowest BCUT2D eigenvalue weighted by molar-refractivity contribution is -0.121. The van der Waals surface area contributed by atoms with E-state index in [4.69, 9.17) is 5.11 Å². The molecule has 1 atom stereocenters. The van der Waals surface area contributed by atoms with Crippen LogP contribution in [0.15, 0.2) is 0 Å². The highest BCUT2D eigenvalue weighted by molar-refractivity contribution is 6.10. The second-order valence-corrected chi connectivity index (χ2v) is 3.11. The Morgan fingerprint density at radius 3 is 2.71 bits per heavy atom. The summed E-state index contributed by atoms with van der Waals surface area (Å²) in [5.74, 6) is -0.522. The minimum Gasteiger partial charge on any atom is -0.465 e. The maximum absolute atomic E-state index is 11.2. The molecule has 14 heavy (non-hydrogen) atoms. The number of nitrogens with one attached hydrogen (secondary N) is 1. The van der Waals surface area contributed by atoms with Gasteiger partial charge >= 0.3 is 12.1 Å². The van der Waals surface area contributed by atoms with E-state index in [9.17, 15) is 14.4 Å². The van der Waals surface area contributed by atoms with Crippen LogP contribution in [0.5, 0.6) is 0 Å². The van der Waals surface area contributed by atoms with Crippen molar-refractivity contribution in [1.82, 2.24) is 10.2 Å². The average Bonchev–Trinajstić information content (AvgIpc) is 2.37. The van der Waals surface area contributed by atoms with Crippen LogP contribution in [-0.4, -0.2) is 34.1 Å². The van der Waals surface area contributed by atoms with Crippen molar-refractivity contribution in [3.05, 3.63) is 0 Å². The monoisotopic (exact) mass is 200 g/mol. The molecule has 1 aliphatic heterocycles. The Balaban J connectivity index is 2.73. The SMILES string of the molecule is CCCCC1C(=O)NC(=O)N1C(=O)O. The third kappa shape index (κ3) is 1.84. The van der Waals surface area contributed by atoms with E-state index in [0.717, 1.165) is 12.8 Å². The summed E-state index contributed by atoms with van der Waals surface area (Å²) in [6.07, 6.45) is 0.579. The van der Waals surface area contributed by atoms with Crippen molar-refractivity contribution in [3.8, 4) is 0 Å². The molecule has 0 spiro atoms. The van der Waals surface area contributed by atoms with Crippen molar-refractivity contribution >= 4 is 18.0 Å². The summed E-state index contributed by atoms with van der Waals surface area (Å²) in [7, 11) is 0. The van der Waals surface area contributed by atoms with Gasteiger partial charge in [-0.15, -0.1) is 0 Å². The lowest BCUT2D eigenvalue weighted by Gasteiger charge is -2.15. The lowest BCUT2D eigenvalue weighted by atomic mass is 10.1. The third-order valence-corrected chi connectivity index (χ3v) is 2.10. The first kappa shape index (κ1) is 10.5. The van der Waals surface area contributed by atoms with Gasteiger partial charge in [0.15, 0.2) is 0 Å². The number of rotatable bonds is 3. The van der Waals surface area contributed by atoms with Crippen molar-refractivity contribution in [2.24, 2.45) is 0 Å². The second-order valence-electron chi connectivity index (χ2n) is 3.11. The Morgan fingerprint density at radius 1 is 1.57 bits per heavy atom. The molecule has 6 nitrogen and oxygen atoms in total. The Morgan fingerprint density at radius 2 is 2.21 bits per heavy atom. The van der Waals surface area contributed by atoms with E-state index in [0.29, 0.717) is 11.3 Å².